The molecule has 3 atom stereocenters. The van der Waals surface area contributed by atoms with Crippen LogP contribution in [0.1, 0.15) is 31.2 Å². The largest absolute Gasteiger partial charge is 0.391 e. The molecule has 80 valence electrons. The second kappa shape index (κ2) is 3.32. The monoisotopic (exact) mass is 203 g/mol. The van der Waals surface area contributed by atoms with Gasteiger partial charge in [-0.25, -0.2) is 0 Å². The molecule has 2 heteroatoms. The third-order valence-corrected chi connectivity index (χ3v) is 4.00. The summed E-state index contributed by atoms with van der Waals surface area (Å²) in [6.07, 6.45) is 4.11. The van der Waals surface area contributed by atoms with Gasteiger partial charge in [0.05, 0.1) is 11.6 Å². The van der Waals surface area contributed by atoms with Crippen molar-refractivity contribution in [3.63, 3.8) is 0 Å². The Labute approximate surface area is 90.3 Å². The summed E-state index contributed by atoms with van der Waals surface area (Å²) >= 11 is 0. The molecule has 2 heterocycles. The van der Waals surface area contributed by atoms with Gasteiger partial charge in [0.15, 0.2) is 0 Å². The SMILES string of the molecule is O[C@@H]1CC[C@H]2CC[C@]1(c1ccccc1)N2. The molecule has 0 unspecified atom stereocenters. The molecule has 0 spiro atoms. The molecule has 2 N–H and O–H groups in total. The number of aliphatic hydroxyl groups is 1. The van der Waals surface area contributed by atoms with Crippen LogP contribution < -0.4 is 5.32 Å². The number of fused-ring (bicyclic) bond motifs is 2. The van der Waals surface area contributed by atoms with Crippen LogP contribution in [-0.4, -0.2) is 17.3 Å². The highest BCUT2D eigenvalue weighted by Crippen LogP contribution is 2.42. The van der Waals surface area contributed by atoms with Crippen molar-refractivity contribution in [1.29, 1.82) is 0 Å². The second-order valence-corrected chi connectivity index (χ2v) is 4.81. The fourth-order valence-corrected chi connectivity index (χ4v) is 3.15. The minimum atomic E-state index is -0.223. The number of piperidine rings is 1. The fourth-order valence-electron chi connectivity index (χ4n) is 3.15. The lowest BCUT2D eigenvalue weighted by Crippen LogP contribution is -2.53. The molecule has 1 aromatic rings. The normalized spacial score (nSPS) is 39.3. The molecule has 15 heavy (non-hydrogen) atoms. The molecule has 3 rings (SSSR count). The van der Waals surface area contributed by atoms with Crippen molar-refractivity contribution in [3.05, 3.63) is 35.9 Å². The zero-order valence-electron chi connectivity index (χ0n) is 8.82. The van der Waals surface area contributed by atoms with Crippen molar-refractivity contribution in [2.75, 3.05) is 0 Å². The first-order valence-corrected chi connectivity index (χ1v) is 5.82. The fraction of sp³-hybridized carbons (Fsp3) is 0.538. The maximum Gasteiger partial charge on any atom is 0.0764 e. The van der Waals surface area contributed by atoms with Crippen LogP contribution in [0.5, 0.6) is 0 Å². The first kappa shape index (κ1) is 9.37. The van der Waals surface area contributed by atoms with Gasteiger partial charge in [0, 0.05) is 6.04 Å². The van der Waals surface area contributed by atoms with Crippen LogP contribution in [0, 0.1) is 0 Å². The minimum absolute atomic E-state index is 0.149. The first-order valence-electron chi connectivity index (χ1n) is 5.82. The lowest BCUT2D eigenvalue weighted by molar-refractivity contribution is 0.0379. The molecule has 2 nitrogen and oxygen atoms in total. The zero-order chi connectivity index (χ0) is 10.3. The topological polar surface area (TPSA) is 32.3 Å². The van der Waals surface area contributed by atoms with Gasteiger partial charge in [-0.15, -0.1) is 0 Å². The Morgan fingerprint density at radius 2 is 1.93 bits per heavy atom. The molecule has 0 aromatic heterocycles. The number of nitrogens with one attached hydrogen (secondary N) is 1. The summed E-state index contributed by atoms with van der Waals surface area (Å²) in [6, 6.07) is 11.0. The zero-order valence-corrected chi connectivity index (χ0v) is 8.82. The van der Waals surface area contributed by atoms with E-state index in [-0.39, 0.29) is 11.6 Å². The highest BCUT2D eigenvalue weighted by atomic mass is 16.3. The van der Waals surface area contributed by atoms with E-state index in [2.05, 4.69) is 29.6 Å². The van der Waals surface area contributed by atoms with Gasteiger partial charge in [-0.1, -0.05) is 30.3 Å². The van der Waals surface area contributed by atoms with E-state index in [1.54, 1.807) is 0 Å². The van der Waals surface area contributed by atoms with Gasteiger partial charge in [-0.05, 0) is 31.2 Å². The molecule has 1 aromatic carbocycles. The van der Waals surface area contributed by atoms with Crippen LogP contribution in [0.2, 0.25) is 0 Å². The van der Waals surface area contributed by atoms with Crippen LogP contribution in [0.15, 0.2) is 30.3 Å². The van der Waals surface area contributed by atoms with E-state index in [9.17, 15) is 5.11 Å². The van der Waals surface area contributed by atoms with Crippen LogP contribution in [0.4, 0.5) is 0 Å². The summed E-state index contributed by atoms with van der Waals surface area (Å²) in [7, 11) is 0. The van der Waals surface area contributed by atoms with Crippen molar-refractivity contribution in [3.8, 4) is 0 Å². The van der Waals surface area contributed by atoms with E-state index in [0.29, 0.717) is 6.04 Å². The molecule has 2 aliphatic heterocycles. The molecule has 0 amide bonds. The van der Waals surface area contributed by atoms with E-state index < -0.39 is 0 Å². The summed E-state index contributed by atoms with van der Waals surface area (Å²) in [5, 5.41) is 13.9. The van der Waals surface area contributed by atoms with Crippen LogP contribution in [0.25, 0.3) is 0 Å². The van der Waals surface area contributed by atoms with E-state index in [1.807, 2.05) is 6.07 Å². The van der Waals surface area contributed by atoms with E-state index >= 15 is 0 Å². The van der Waals surface area contributed by atoms with Gasteiger partial charge in [-0.3, -0.25) is 0 Å². The summed E-state index contributed by atoms with van der Waals surface area (Å²) in [6.45, 7) is 0. The number of aliphatic hydroxyl groups excluding tert-OH is 1. The number of hydrogen-bond donors (Lipinski definition) is 2. The van der Waals surface area contributed by atoms with Crippen molar-refractivity contribution < 1.29 is 5.11 Å². The van der Waals surface area contributed by atoms with Gasteiger partial charge in [-0.2, -0.15) is 0 Å². The van der Waals surface area contributed by atoms with Crippen molar-refractivity contribution in [2.45, 2.75) is 43.4 Å². The van der Waals surface area contributed by atoms with Crippen molar-refractivity contribution in [1.82, 2.24) is 5.32 Å². The molecular weight excluding hydrogens is 186 g/mol. The number of rotatable bonds is 1. The predicted octanol–water partition coefficient (Wildman–Crippen LogP) is 1.79. The molecule has 2 aliphatic rings. The Kier molecular flexibility index (Phi) is 2.08. The molecule has 2 saturated heterocycles. The standard InChI is InChI=1S/C13H17NO/c15-12-7-6-11-8-9-13(12,14-11)10-4-2-1-3-5-10/h1-5,11-12,14-15H,6-9H2/t11-,12+,13+/m0/s1. The number of benzene rings is 1. The smallest absolute Gasteiger partial charge is 0.0764 e. The minimum Gasteiger partial charge on any atom is -0.391 e. The quantitative estimate of drug-likeness (QED) is 0.729. The predicted molar refractivity (Wildman–Crippen MR) is 59.5 cm³/mol. The van der Waals surface area contributed by atoms with E-state index in [0.717, 1.165) is 19.3 Å². The van der Waals surface area contributed by atoms with Crippen LogP contribution in [-0.2, 0) is 5.54 Å². The molecule has 2 fully saturated rings. The molecule has 0 aliphatic carbocycles. The summed E-state index contributed by atoms with van der Waals surface area (Å²) < 4.78 is 0. The average Bonchev–Trinajstić information content (AvgIpc) is 2.66. The maximum atomic E-state index is 10.2. The Bertz CT molecular complexity index is 351. The van der Waals surface area contributed by atoms with Crippen molar-refractivity contribution in [2.24, 2.45) is 0 Å². The molecule has 2 bridgehead atoms. The maximum absolute atomic E-state index is 10.2. The van der Waals surface area contributed by atoms with Crippen molar-refractivity contribution >= 4 is 0 Å². The Morgan fingerprint density at radius 3 is 2.73 bits per heavy atom. The number of hydrogen-bond acceptors (Lipinski definition) is 2. The van der Waals surface area contributed by atoms with Crippen LogP contribution in [0.3, 0.4) is 0 Å². The Balaban J connectivity index is 2.02. The summed E-state index contributed by atoms with van der Waals surface area (Å²) in [5.74, 6) is 0. The van der Waals surface area contributed by atoms with E-state index in [4.69, 9.17) is 0 Å². The van der Waals surface area contributed by atoms with Gasteiger partial charge in [0.1, 0.15) is 0 Å². The third-order valence-electron chi connectivity index (χ3n) is 4.00. The van der Waals surface area contributed by atoms with Gasteiger partial charge < -0.3 is 10.4 Å². The van der Waals surface area contributed by atoms with Crippen LogP contribution >= 0.6 is 0 Å². The molecule has 0 radical (unpaired) electrons. The summed E-state index contributed by atoms with van der Waals surface area (Å²) in [5.41, 5.74) is 1.10. The van der Waals surface area contributed by atoms with E-state index in [1.165, 1.54) is 12.0 Å². The molecular formula is C13H17NO. The van der Waals surface area contributed by atoms with Gasteiger partial charge in [0.2, 0.25) is 0 Å². The average molecular weight is 203 g/mol. The lowest BCUT2D eigenvalue weighted by Gasteiger charge is -2.39. The summed E-state index contributed by atoms with van der Waals surface area (Å²) in [4.78, 5) is 0. The highest BCUT2D eigenvalue weighted by molar-refractivity contribution is 5.29. The molecule has 0 saturated carbocycles. The first-order chi connectivity index (χ1) is 7.31. The van der Waals surface area contributed by atoms with Gasteiger partial charge in [0.25, 0.3) is 0 Å². The second-order valence-electron chi connectivity index (χ2n) is 4.81. The Hall–Kier alpha value is -0.860. The lowest BCUT2D eigenvalue weighted by atomic mass is 9.81. The Morgan fingerprint density at radius 1 is 1.13 bits per heavy atom. The third kappa shape index (κ3) is 1.32. The van der Waals surface area contributed by atoms with Gasteiger partial charge >= 0.3 is 0 Å². The highest BCUT2D eigenvalue weighted by Gasteiger charge is 2.48.